The van der Waals surface area contributed by atoms with E-state index in [1.54, 1.807) is 6.08 Å². The van der Waals surface area contributed by atoms with Gasteiger partial charge in [-0.25, -0.2) is 0 Å². The molecule has 0 spiro atoms. The van der Waals surface area contributed by atoms with Crippen LogP contribution in [0.3, 0.4) is 0 Å². The average Bonchev–Trinajstić information content (AvgIpc) is 2.25. The molecule has 0 radical (unpaired) electrons. The molecule has 1 aliphatic carbocycles. The molecule has 0 unspecified atom stereocenters. The lowest BCUT2D eigenvalue weighted by atomic mass is 9.72. The summed E-state index contributed by atoms with van der Waals surface area (Å²) in [7, 11) is 0. The molecule has 3 N–H and O–H groups in total. The lowest BCUT2D eigenvalue weighted by molar-refractivity contribution is 0.512. The van der Waals surface area contributed by atoms with Crippen LogP contribution in [0.1, 0.15) is 25.8 Å². The van der Waals surface area contributed by atoms with Crippen molar-refractivity contribution in [2.45, 2.75) is 24.6 Å². The molecule has 0 saturated heterocycles. The number of nitrogen functional groups attached to an aromatic ring is 1. The summed E-state index contributed by atoms with van der Waals surface area (Å²) in [6, 6.07) is 7.63. The van der Waals surface area contributed by atoms with E-state index in [2.05, 4.69) is 13.8 Å². The Bertz CT molecular complexity index is 513. The Labute approximate surface area is 117 Å². The second-order valence-corrected chi connectivity index (χ2v) is 6.73. The third kappa shape index (κ3) is 2.40. The van der Waals surface area contributed by atoms with Gasteiger partial charge in [-0.2, -0.15) is 0 Å². The minimum Gasteiger partial charge on any atom is -0.399 e. The first kappa shape index (κ1) is 13.4. The minimum absolute atomic E-state index is 0.152. The first-order valence-electron chi connectivity index (χ1n) is 5.77. The van der Waals surface area contributed by atoms with Crippen LogP contribution in [0.5, 0.6) is 0 Å². The van der Waals surface area contributed by atoms with Crippen molar-refractivity contribution in [3.63, 3.8) is 0 Å². The molecular weight excluding hydrogens is 267 g/mol. The highest BCUT2D eigenvalue weighted by atomic mass is 35.5. The summed E-state index contributed by atoms with van der Waals surface area (Å²) in [4.78, 5) is 0. The predicted octanol–water partition coefficient (Wildman–Crippen LogP) is 4.28. The van der Waals surface area contributed by atoms with Crippen molar-refractivity contribution in [1.82, 2.24) is 0 Å². The maximum absolute atomic E-state index is 7.91. The number of halogens is 2. The van der Waals surface area contributed by atoms with Gasteiger partial charge in [0.25, 0.3) is 0 Å². The molecule has 0 aromatic heterocycles. The van der Waals surface area contributed by atoms with Crippen LogP contribution in [0.25, 0.3) is 5.57 Å². The Kier molecular flexibility index (Phi) is 3.20. The number of hydrogen-bond donors (Lipinski definition) is 2. The molecule has 4 heteroatoms. The van der Waals surface area contributed by atoms with Crippen LogP contribution >= 0.6 is 23.2 Å². The molecule has 0 aliphatic heterocycles. The SMILES string of the molecule is CC1(C)CC(=N)C(Cl)(Cl)C=C1c1ccc(N)cc1. The number of allylic oxidation sites excluding steroid dienone is 2. The predicted molar refractivity (Wildman–Crippen MR) is 79.4 cm³/mol. The van der Waals surface area contributed by atoms with Gasteiger partial charge in [0, 0.05) is 11.4 Å². The standard InChI is InChI=1S/C14H16Cl2N2/c1-13(2)8-12(18)14(15,16)7-11(13)9-3-5-10(17)6-4-9/h3-7,18H,8,17H2,1-2H3. The van der Waals surface area contributed by atoms with Gasteiger partial charge in [0.2, 0.25) is 0 Å². The fraction of sp³-hybridized carbons (Fsp3) is 0.357. The van der Waals surface area contributed by atoms with Gasteiger partial charge in [-0.05, 0) is 41.2 Å². The topological polar surface area (TPSA) is 49.9 Å². The van der Waals surface area contributed by atoms with E-state index in [9.17, 15) is 0 Å². The minimum atomic E-state index is -1.20. The summed E-state index contributed by atoms with van der Waals surface area (Å²) in [5.41, 5.74) is 8.72. The van der Waals surface area contributed by atoms with Crippen molar-refractivity contribution in [3.05, 3.63) is 35.9 Å². The van der Waals surface area contributed by atoms with Gasteiger partial charge in [-0.3, -0.25) is 0 Å². The summed E-state index contributed by atoms with van der Waals surface area (Å²) in [6.07, 6.45) is 2.32. The molecule has 18 heavy (non-hydrogen) atoms. The van der Waals surface area contributed by atoms with E-state index in [0.717, 1.165) is 16.8 Å². The molecular formula is C14H16Cl2N2. The smallest absolute Gasteiger partial charge is 0.174 e. The van der Waals surface area contributed by atoms with Crippen molar-refractivity contribution in [2.75, 3.05) is 5.73 Å². The second-order valence-electron chi connectivity index (χ2n) is 5.34. The van der Waals surface area contributed by atoms with Crippen molar-refractivity contribution >= 4 is 40.2 Å². The van der Waals surface area contributed by atoms with Gasteiger partial charge in [-0.15, -0.1) is 0 Å². The van der Waals surface area contributed by atoms with E-state index in [0.29, 0.717) is 12.1 Å². The lowest BCUT2D eigenvalue weighted by Gasteiger charge is -2.37. The molecule has 0 bridgehead atoms. The van der Waals surface area contributed by atoms with Crippen molar-refractivity contribution in [1.29, 1.82) is 5.41 Å². The van der Waals surface area contributed by atoms with Gasteiger partial charge in [0.1, 0.15) is 0 Å². The number of nitrogens with two attached hydrogens (primary N) is 1. The Balaban J connectivity index is 2.53. The summed E-state index contributed by atoms with van der Waals surface area (Å²) >= 11 is 12.3. The van der Waals surface area contributed by atoms with E-state index in [4.69, 9.17) is 34.3 Å². The Morgan fingerprint density at radius 3 is 2.28 bits per heavy atom. The van der Waals surface area contributed by atoms with Crippen molar-refractivity contribution in [3.8, 4) is 0 Å². The van der Waals surface area contributed by atoms with Gasteiger partial charge in [0.15, 0.2) is 4.33 Å². The molecule has 0 fully saturated rings. The number of rotatable bonds is 1. The third-order valence-electron chi connectivity index (χ3n) is 3.30. The van der Waals surface area contributed by atoms with Gasteiger partial charge >= 0.3 is 0 Å². The Hall–Kier alpha value is -0.990. The normalized spacial score (nSPS) is 21.6. The maximum Gasteiger partial charge on any atom is 0.174 e. The molecule has 0 heterocycles. The summed E-state index contributed by atoms with van der Waals surface area (Å²) in [5.74, 6) is 0. The molecule has 2 nitrogen and oxygen atoms in total. The van der Waals surface area contributed by atoms with E-state index in [1.807, 2.05) is 24.3 Å². The fourth-order valence-electron chi connectivity index (χ4n) is 2.26. The van der Waals surface area contributed by atoms with E-state index in [-0.39, 0.29) is 5.41 Å². The first-order chi connectivity index (χ1) is 8.22. The lowest BCUT2D eigenvalue weighted by Crippen LogP contribution is -2.35. The van der Waals surface area contributed by atoms with E-state index < -0.39 is 4.33 Å². The highest BCUT2D eigenvalue weighted by molar-refractivity contribution is 6.60. The van der Waals surface area contributed by atoms with E-state index in [1.165, 1.54) is 0 Å². The van der Waals surface area contributed by atoms with Crippen LogP contribution in [0.4, 0.5) is 5.69 Å². The Morgan fingerprint density at radius 2 is 1.72 bits per heavy atom. The van der Waals surface area contributed by atoms with Crippen LogP contribution in [0.2, 0.25) is 0 Å². The summed E-state index contributed by atoms with van der Waals surface area (Å²) < 4.78 is -1.20. The zero-order chi connectivity index (χ0) is 13.6. The number of hydrogen-bond acceptors (Lipinski definition) is 2. The van der Waals surface area contributed by atoms with Crippen LogP contribution < -0.4 is 5.73 Å². The molecule has 1 aliphatic rings. The van der Waals surface area contributed by atoms with Crippen LogP contribution in [0, 0.1) is 10.8 Å². The second kappa shape index (κ2) is 4.29. The van der Waals surface area contributed by atoms with Crippen LogP contribution in [0.15, 0.2) is 30.3 Å². The first-order valence-corrected chi connectivity index (χ1v) is 6.53. The van der Waals surface area contributed by atoms with Crippen LogP contribution in [-0.2, 0) is 0 Å². The molecule has 0 atom stereocenters. The van der Waals surface area contributed by atoms with Crippen LogP contribution in [-0.4, -0.2) is 10.0 Å². The molecule has 96 valence electrons. The molecule has 1 aromatic carbocycles. The zero-order valence-electron chi connectivity index (χ0n) is 10.4. The number of anilines is 1. The quantitative estimate of drug-likeness (QED) is 0.586. The number of benzene rings is 1. The largest absolute Gasteiger partial charge is 0.399 e. The average molecular weight is 283 g/mol. The Morgan fingerprint density at radius 1 is 1.17 bits per heavy atom. The third-order valence-corrected chi connectivity index (χ3v) is 3.97. The number of alkyl halides is 2. The van der Waals surface area contributed by atoms with Crippen molar-refractivity contribution in [2.24, 2.45) is 5.41 Å². The molecule has 0 amide bonds. The monoisotopic (exact) mass is 282 g/mol. The number of nitrogens with one attached hydrogen (secondary N) is 1. The fourth-order valence-corrected chi connectivity index (χ4v) is 2.61. The highest BCUT2D eigenvalue weighted by Crippen LogP contribution is 2.47. The van der Waals surface area contributed by atoms with Crippen molar-refractivity contribution < 1.29 is 0 Å². The highest BCUT2D eigenvalue weighted by Gasteiger charge is 2.40. The summed E-state index contributed by atoms with van der Waals surface area (Å²) in [5, 5.41) is 7.91. The molecule has 0 saturated carbocycles. The molecule has 2 rings (SSSR count). The van der Waals surface area contributed by atoms with Gasteiger partial charge in [0.05, 0.1) is 0 Å². The van der Waals surface area contributed by atoms with Gasteiger partial charge in [-0.1, -0.05) is 49.2 Å². The summed E-state index contributed by atoms with van der Waals surface area (Å²) in [6.45, 7) is 4.18. The van der Waals surface area contributed by atoms with E-state index >= 15 is 0 Å². The van der Waals surface area contributed by atoms with Gasteiger partial charge < -0.3 is 11.1 Å². The zero-order valence-corrected chi connectivity index (χ0v) is 11.9. The molecule has 1 aromatic rings. The maximum atomic E-state index is 7.91.